The van der Waals surface area contributed by atoms with Gasteiger partial charge in [0.1, 0.15) is 18.2 Å². The Labute approximate surface area is 116 Å². The molecule has 0 aromatic heterocycles. The van der Waals surface area contributed by atoms with Crippen molar-refractivity contribution in [1.29, 1.82) is 0 Å². The number of amidine groups is 1. The Morgan fingerprint density at radius 2 is 2.05 bits per heavy atom. The van der Waals surface area contributed by atoms with E-state index in [2.05, 4.69) is 5.16 Å². The first-order valence-corrected chi connectivity index (χ1v) is 6.06. The van der Waals surface area contributed by atoms with Gasteiger partial charge in [-0.3, -0.25) is 0 Å². The van der Waals surface area contributed by atoms with Crippen LogP contribution in [-0.4, -0.2) is 11.0 Å². The molecule has 0 aliphatic rings. The molecule has 5 heteroatoms. The molecule has 0 fully saturated rings. The van der Waals surface area contributed by atoms with Crippen molar-refractivity contribution in [3.8, 4) is 5.75 Å². The third kappa shape index (κ3) is 3.06. The highest BCUT2D eigenvalue weighted by atomic mass is 19.1. The minimum atomic E-state index is -0.456. The quantitative estimate of drug-likeness (QED) is 0.390. The Balaban J connectivity index is 2.13. The summed E-state index contributed by atoms with van der Waals surface area (Å²) in [5, 5.41) is 11.4. The van der Waals surface area contributed by atoms with Crippen LogP contribution in [0.4, 0.5) is 4.39 Å². The summed E-state index contributed by atoms with van der Waals surface area (Å²) in [5.41, 5.74) is 7.12. The number of hydrogen-bond acceptors (Lipinski definition) is 3. The number of aryl methyl sites for hydroxylation is 1. The van der Waals surface area contributed by atoms with E-state index in [4.69, 9.17) is 15.7 Å². The summed E-state index contributed by atoms with van der Waals surface area (Å²) < 4.78 is 19.5. The van der Waals surface area contributed by atoms with Crippen LogP contribution in [0.25, 0.3) is 0 Å². The van der Waals surface area contributed by atoms with Crippen LogP contribution in [0.2, 0.25) is 0 Å². The molecule has 0 aliphatic carbocycles. The van der Waals surface area contributed by atoms with Crippen LogP contribution in [0.5, 0.6) is 5.75 Å². The minimum Gasteiger partial charge on any atom is -0.489 e. The van der Waals surface area contributed by atoms with Crippen LogP contribution in [0.1, 0.15) is 16.7 Å². The monoisotopic (exact) mass is 274 g/mol. The number of oxime groups is 1. The van der Waals surface area contributed by atoms with Gasteiger partial charge in [0.05, 0.1) is 0 Å². The molecular formula is C15H15FN2O2. The fraction of sp³-hybridized carbons (Fsp3) is 0.133. The molecule has 0 saturated carbocycles. The summed E-state index contributed by atoms with van der Waals surface area (Å²) in [7, 11) is 0. The second-order valence-corrected chi connectivity index (χ2v) is 4.35. The number of nitrogens with zero attached hydrogens (tertiary/aromatic N) is 1. The van der Waals surface area contributed by atoms with E-state index >= 15 is 0 Å². The summed E-state index contributed by atoms with van der Waals surface area (Å²) in [5.74, 6) is 0.130. The highest BCUT2D eigenvalue weighted by Gasteiger charge is 2.07. The maximum absolute atomic E-state index is 13.9. The highest BCUT2D eigenvalue weighted by Crippen LogP contribution is 2.19. The highest BCUT2D eigenvalue weighted by molar-refractivity contribution is 5.97. The largest absolute Gasteiger partial charge is 0.489 e. The number of ether oxygens (including phenoxy) is 1. The number of halogens is 1. The van der Waals surface area contributed by atoms with Gasteiger partial charge in [0.15, 0.2) is 5.84 Å². The average molecular weight is 274 g/mol. The minimum absolute atomic E-state index is 0.118. The summed E-state index contributed by atoms with van der Waals surface area (Å²) in [6.45, 7) is 2.04. The Bertz CT molecular complexity index is 642. The zero-order chi connectivity index (χ0) is 14.5. The Morgan fingerprint density at radius 3 is 2.70 bits per heavy atom. The average Bonchev–Trinajstić information content (AvgIpc) is 2.46. The van der Waals surface area contributed by atoms with Crippen molar-refractivity contribution >= 4 is 5.84 Å². The number of hydrogen-bond donors (Lipinski definition) is 2. The van der Waals surface area contributed by atoms with E-state index in [0.717, 1.165) is 5.56 Å². The summed E-state index contributed by atoms with van der Waals surface area (Å²) in [4.78, 5) is 0. The molecule has 0 saturated heterocycles. The Kier molecular flexibility index (Phi) is 4.20. The summed E-state index contributed by atoms with van der Waals surface area (Å²) in [6, 6.07) is 11.9. The van der Waals surface area contributed by atoms with Gasteiger partial charge >= 0.3 is 0 Å². The van der Waals surface area contributed by atoms with Crippen LogP contribution in [0.15, 0.2) is 47.6 Å². The molecule has 0 aliphatic heterocycles. The van der Waals surface area contributed by atoms with E-state index in [9.17, 15) is 4.39 Å². The molecule has 0 bridgehead atoms. The number of para-hydroxylation sites is 1. The van der Waals surface area contributed by atoms with Gasteiger partial charge in [0.2, 0.25) is 0 Å². The number of rotatable bonds is 4. The lowest BCUT2D eigenvalue weighted by atomic mass is 10.1. The molecule has 104 valence electrons. The van der Waals surface area contributed by atoms with Crippen molar-refractivity contribution in [3.05, 3.63) is 65.0 Å². The SMILES string of the molecule is Cc1ccccc1OCc1ccc(/C(N)=N/O)cc1F. The van der Waals surface area contributed by atoms with Crippen molar-refractivity contribution in [2.75, 3.05) is 0 Å². The molecule has 0 spiro atoms. The maximum Gasteiger partial charge on any atom is 0.170 e. The van der Waals surface area contributed by atoms with Gasteiger partial charge in [-0.25, -0.2) is 4.39 Å². The molecule has 0 atom stereocenters. The van der Waals surface area contributed by atoms with Gasteiger partial charge in [0.25, 0.3) is 0 Å². The van der Waals surface area contributed by atoms with E-state index in [0.29, 0.717) is 16.9 Å². The molecule has 0 radical (unpaired) electrons. The summed E-state index contributed by atoms with van der Waals surface area (Å²) in [6.07, 6.45) is 0. The second-order valence-electron chi connectivity index (χ2n) is 4.35. The molecule has 2 aromatic rings. The molecule has 2 aromatic carbocycles. The zero-order valence-electron chi connectivity index (χ0n) is 11.0. The summed E-state index contributed by atoms with van der Waals surface area (Å²) >= 11 is 0. The molecule has 0 unspecified atom stereocenters. The first-order valence-electron chi connectivity index (χ1n) is 6.06. The third-order valence-corrected chi connectivity index (χ3v) is 2.93. The van der Waals surface area contributed by atoms with Gasteiger partial charge in [-0.05, 0) is 24.6 Å². The number of nitrogens with two attached hydrogens (primary N) is 1. The molecular weight excluding hydrogens is 259 g/mol. The second kappa shape index (κ2) is 6.06. The first kappa shape index (κ1) is 13.9. The normalized spacial score (nSPS) is 11.4. The van der Waals surface area contributed by atoms with E-state index < -0.39 is 5.82 Å². The Hall–Kier alpha value is -2.56. The lowest BCUT2D eigenvalue weighted by Gasteiger charge is -2.10. The van der Waals surface area contributed by atoms with Crippen molar-refractivity contribution < 1.29 is 14.3 Å². The molecule has 4 nitrogen and oxygen atoms in total. The Morgan fingerprint density at radius 1 is 1.30 bits per heavy atom. The molecule has 0 amide bonds. The predicted molar refractivity (Wildman–Crippen MR) is 74.4 cm³/mol. The lowest BCUT2D eigenvalue weighted by molar-refractivity contribution is 0.298. The van der Waals surface area contributed by atoms with Crippen molar-refractivity contribution in [3.63, 3.8) is 0 Å². The first-order chi connectivity index (χ1) is 9.61. The third-order valence-electron chi connectivity index (χ3n) is 2.93. The maximum atomic E-state index is 13.9. The van der Waals surface area contributed by atoms with Crippen molar-refractivity contribution in [1.82, 2.24) is 0 Å². The number of benzene rings is 2. The van der Waals surface area contributed by atoms with Gasteiger partial charge in [-0.15, -0.1) is 0 Å². The molecule has 2 rings (SSSR count). The van der Waals surface area contributed by atoms with Gasteiger partial charge in [-0.1, -0.05) is 35.5 Å². The zero-order valence-corrected chi connectivity index (χ0v) is 11.0. The van der Waals surface area contributed by atoms with Gasteiger partial charge in [-0.2, -0.15) is 0 Å². The van der Waals surface area contributed by atoms with Crippen LogP contribution in [0.3, 0.4) is 0 Å². The molecule has 3 N–H and O–H groups in total. The smallest absolute Gasteiger partial charge is 0.170 e. The van der Waals surface area contributed by atoms with Gasteiger partial charge < -0.3 is 15.7 Å². The van der Waals surface area contributed by atoms with E-state index in [-0.39, 0.29) is 12.4 Å². The molecule has 0 heterocycles. The van der Waals surface area contributed by atoms with Crippen LogP contribution < -0.4 is 10.5 Å². The standard InChI is InChI=1S/C15H15FN2O2/c1-10-4-2-3-5-14(10)20-9-12-7-6-11(8-13(12)16)15(17)18-19/h2-8,19H,9H2,1H3,(H2,17,18). The van der Waals surface area contributed by atoms with Crippen molar-refractivity contribution in [2.45, 2.75) is 13.5 Å². The lowest BCUT2D eigenvalue weighted by Crippen LogP contribution is -2.13. The topological polar surface area (TPSA) is 67.8 Å². The van der Waals surface area contributed by atoms with Crippen molar-refractivity contribution in [2.24, 2.45) is 10.9 Å². The van der Waals surface area contributed by atoms with E-state index in [1.54, 1.807) is 12.1 Å². The molecule has 20 heavy (non-hydrogen) atoms. The van der Waals surface area contributed by atoms with Crippen LogP contribution in [0, 0.1) is 12.7 Å². The van der Waals surface area contributed by atoms with Crippen LogP contribution >= 0.6 is 0 Å². The predicted octanol–water partition coefficient (Wildman–Crippen LogP) is 2.81. The van der Waals surface area contributed by atoms with Gasteiger partial charge in [0, 0.05) is 11.1 Å². The fourth-order valence-corrected chi connectivity index (χ4v) is 1.76. The van der Waals surface area contributed by atoms with Crippen LogP contribution in [-0.2, 0) is 6.61 Å². The van der Waals surface area contributed by atoms with E-state index in [1.807, 2.05) is 31.2 Å². The van der Waals surface area contributed by atoms with E-state index in [1.165, 1.54) is 6.07 Å². The fourth-order valence-electron chi connectivity index (χ4n) is 1.76.